The van der Waals surface area contributed by atoms with Gasteiger partial charge in [-0.3, -0.25) is 9.69 Å². The van der Waals surface area contributed by atoms with Gasteiger partial charge in [-0.2, -0.15) is 0 Å². The van der Waals surface area contributed by atoms with Crippen LogP contribution < -0.4 is 4.90 Å². The fraction of sp³-hybridized carbons (Fsp3) is 0.579. The molecule has 1 amide bonds. The zero-order valence-corrected chi connectivity index (χ0v) is 15.7. The topological polar surface area (TPSA) is 36.4 Å². The summed E-state index contributed by atoms with van der Waals surface area (Å²) < 4.78 is 1.16. The lowest BCUT2D eigenvalue weighted by molar-refractivity contribution is -0.123. The first-order valence-corrected chi connectivity index (χ1v) is 9.70. The van der Waals surface area contributed by atoms with E-state index in [1.165, 1.54) is 24.8 Å². The maximum atomic E-state index is 13.1. The Bertz CT molecular complexity index is 704. The van der Waals surface area contributed by atoms with E-state index in [1.54, 1.807) is 11.3 Å². The molecule has 2 aromatic rings. The summed E-state index contributed by atoms with van der Waals surface area (Å²) in [7, 11) is 4.09. The monoisotopic (exact) mass is 345 g/mol. The number of carbonyl (C=O) groups is 1. The summed E-state index contributed by atoms with van der Waals surface area (Å²) in [6.07, 6.45) is 5.68. The van der Waals surface area contributed by atoms with Crippen LogP contribution in [0.2, 0.25) is 0 Å². The minimum atomic E-state index is 0.175. The largest absolute Gasteiger partial charge is 0.308 e. The summed E-state index contributed by atoms with van der Waals surface area (Å²) in [6.45, 7) is 3.65. The van der Waals surface area contributed by atoms with E-state index < -0.39 is 0 Å². The number of thiazole rings is 1. The number of nitrogens with zero attached hydrogens (tertiary/aromatic N) is 3. The molecule has 0 atom stereocenters. The Hall–Kier alpha value is -1.46. The molecule has 1 aliphatic rings. The van der Waals surface area contributed by atoms with Gasteiger partial charge in [0.1, 0.15) is 0 Å². The van der Waals surface area contributed by atoms with E-state index in [2.05, 4.69) is 30.0 Å². The van der Waals surface area contributed by atoms with Gasteiger partial charge in [-0.1, -0.05) is 42.7 Å². The van der Waals surface area contributed by atoms with Gasteiger partial charge >= 0.3 is 0 Å². The van der Waals surface area contributed by atoms with Crippen LogP contribution in [0.25, 0.3) is 10.2 Å². The van der Waals surface area contributed by atoms with Crippen molar-refractivity contribution in [2.45, 2.75) is 39.0 Å². The standard InChI is InChI=1S/C19H27N3OS/c1-14-8-7-11-16-17(14)20-19(24-16)22(13-12-21(2)3)18(23)15-9-5-4-6-10-15/h7-8,11,15H,4-6,9-10,12-13H2,1-3H3. The SMILES string of the molecule is Cc1cccc2sc(N(CCN(C)C)C(=O)C3CCCCC3)nc12. The number of amides is 1. The summed E-state index contributed by atoms with van der Waals surface area (Å²) in [5.74, 6) is 0.447. The highest BCUT2D eigenvalue weighted by Gasteiger charge is 2.28. The smallest absolute Gasteiger partial charge is 0.231 e. The normalized spacial score (nSPS) is 16.0. The quantitative estimate of drug-likeness (QED) is 0.819. The number of hydrogen-bond donors (Lipinski definition) is 0. The Balaban J connectivity index is 1.90. The number of anilines is 1. The van der Waals surface area contributed by atoms with Crippen molar-refractivity contribution in [1.82, 2.24) is 9.88 Å². The van der Waals surface area contributed by atoms with Crippen LogP contribution in [-0.2, 0) is 4.79 Å². The summed E-state index contributed by atoms with van der Waals surface area (Å²) in [6, 6.07) is 6.24. The zero-order valence-electron chi connectivity index (χ0n) is 14.9. The third-order valence-corrected chi connectivity index (χ3v) is 5.88. The van der Waals surface area contributed by atoms with E-state index in [0.717, 1.165) is 34.7 Å². The van der Waals surface area contributed by atoms with Crippen molar-refractivity contribution >= 4 is 32.6 Å². The molecule has 0 N–H and O–H groups in total. The second-order valence-corrected chi connectivity index (χ2v) is 8.06. The molecule has 4 nitrogen and oxygen atoms in total. The first kappa shape index (κ1) is 17.4. The van der Waals surface area contributed by atoms with Gasteiger partial charge in [-0.15, -0.1) is 0 Å². The molecule has 24 heavy (non-hydrogen) atoms. The van der Waals surface area contributed by atoms with Crippen LogP contribution in [0.3, 0.4) is 0 Å². The molecule has 0 radical (unpaired) electrons. The van der Waals surface area contributed by atoms with Crippen LogP contribution in [0.4, 0.5) is 5.13 Å². The van der Waals surface area contributed by atoms with Gasteiger partial charge in [-0.25, -0.2) is 4.98 Å². The van der Waals surface area contributed by atoms with E-state index in [1.807, 2.05) is 19.0 Å². The third kappa shape index (κ3) is 3.78. The molecule has 1 heterocycles. The van der Waals surface area contributed by atoms with Crippen LogP contribution in [0.5, 0.6) is 0 Å². The number of likely N-dealkylation sites (N-methyl/N-ethyl adjacent to an activating group) is 1. The van der Waals surface area contributed by atoms with E-state index in [0.29, 0.717) is 6.54 Å². The summed E-state index contributed by atoms with van der Waals surface area (Å²) >= 11 is 1.64. The molecule has 1 aromatic carbocycles. The van der Waals surface area contributed by atoms with E-state index in [9.17, 15) is 4.79 Å². The summed E-state index contributed by atoms with van der Waals surface area (Å²) in [5, 5.41) is 0.858. The highest BCUT2D eigenvalue weighted by atomic mass is 32.1. The van der Waals surface area contributed by atoms with Crippen molar-refractivity contribution in [1.29, 1.82) is 0 Å². The molecule has 5 heteroatoms. The number of rotatable bonds is 5. The van der Waals surface area contributed by atoms with Gasteiger partial charge in [0, 0.05) is 19.0 Å². The minimum Gasteiger partial charge on any atom is -0.308 e. The molecule has 1 aromatic heterocycles. The van der Waals surface area contributed by atoms with Gasteiger partial charge in [0.05, 0.1) is 10.2 Å². The Kier molecular flexibility index (Phi) is 5.51. The fourth-order valence-corrected chi connectivity index (χ4v) is 4.43. The highest BCUT2D eigenvalue weighted by molar-refractivity contribution is 7.22. The molecule has 0 bridgehead atoms. The minimum absolute atomic E-state index is 0.175. The van der Waals surface area contributed by atoms with E-state index in [4.69, 9.17) is 4.98 Å². The second-order valence-electron chi connectivity index (χ2n) is 7.05. The van der Waals surface area contributed by atoms with Crippen LogP contribution in [0, 0.1) is 12.8 Å². The maximum Gasteiger partial charge on any atom is 0.231 e. The molecule has 3 rings (SSSR count). The van der Waals surface area contributed by atoms with Crippen molar-refractivity contribution in [3.05, 3.63) is 23.8 Å². The summed E-state index contributed by atoms with van der Waals surface area (Å²) in [5.41, 5.74) is 2.21. The van der Waals surface area contributed by atoms with Crippen LogP contribution >= 0.6 is 11.3 Å². The Morgan fingerprint density at radius 2 is 1.96 bits per heavy atom. The van der Waals surface area contributed by atoms with Crippen LogP contribution in [0.1, 0.15) is 37.7 Å². The molecule has 0 aliphatic heterocycles. The molecule has 0 saturated heterocycles. The van der Waals surface area contributed by atoms with E-state index in [-0.39, 0.29) is 11.8 Å². The van der Waals surface area contributed by atoms with Crippen LogP contribution in [-0.4, -0.2) is 43.0 Å². The molecular weight excluding hydrogens is 318 g/mol. The van der Waals surface area contributed by atoms with Crippen molar-refractivity contribution in [3.8, 4) is 0 Å². The van der Waals surface area contributed by atoms with Crippen molar-refractivity contribution in [2.75, 3.05) is 32.1 Å². The number of para-hydroxylation sites is 1. The lowest BCUT2D eigenvalue weighted by Crippen LogP contribution is -2.41. The lowest BCUT2D eigenvalue weighted by atomic mass is 9.88. The predicted octanol–water partition coefficient (Wildman–Crippen LogP) is 4.08. The predicted molar refractivity (Wildman–Crippen MR) is 102 cm³/mol. The molecule has 1 aliphatic carbocycles. The molecule has 1 fully saturated rings. The van der Waals surface area contributed by atoms with E-state index >= 15 is 0 Å². The maximum absolute atomic E-state index is 13.1. The number of carbonyl (C=O) groups excluding carboxylic acids is 1. The number of hydrogen-bond acceptors (Lipinski definition) is 4. The van der Waals surface area contributed by atoms with Gasteiger partial charge in [-0.05, 0) is 45.5 Å². The fourth-order valence-electron chi connectivity index (χ4n) is 3.36. The number of aromatic nitrogens is 1. The van der Waals surface area contributed by atoms with Crippen molar-refractivity contribution < 1.29 is 4.79 Å². The number of benzene rings is 1. The second kappa shape index (κ2) is 7.62. The van der Waals surface area contributed by atoms with Gasteiger partial charge in [0.2, 0.25) is 5.91 Å². The first-order valence-electron chi connectivity index (χ1n) is 8.88. The molecule has 0 spiro atoms. The van der Waals surface area contributed by atoms with Crippen molar-refractivity contribution in [2.24, 2.45) is 5.92 Å². The van der Waals surface area contributed by atoms with Crippen LogP contribution in [0.15, 0.2) is 18.2 Å². The molecule has 0 unspecified atom stereocenters. The van der Waals surface area contributed by atoms with Gasteiger partial charge < -0.3 is 4.90 Å². The first-order chi connectivity index (χ1) is 11.6. The van der Waals surface area contributed by atoms with Gasteiger partial charge in [0.25, 0.3) is 0 Å². The Morgan fingerprint density at radius 1 is 1.21 bits per heavy atom. The number of fused-ring (bicyclic) bond motifs is 1. The summed E-state index contributed by atoms with van der Waals surface area (Å²) in [4.78, 5) is 22.0. The molecular formula is C19H27N3OS. The van der Waals surface area contributed by atoms with Crippen molar-refractivity contribution in [3.63, 3.8) is 0 Å². The molecule has 130 valence electrons. The average molecular weight is 346 g/mol. The Morgan fingerprint density at radius 3 is 2.62 bits per heavy atom. The molecule has 1 saturated carbocycles. The van der Waals surface area contributed by atoms with Gasteiger partial charge in [0.15, 0.2) is 5.13 Å². The highest BCUT2D eigenvalue weighted by Crippen LogP contribution is 2.33. The lowest BCUT2D eigenvalue weighted by Gasteiger charge is -2.28. The zero-order chi connectivity index (χ0) is 17.1. The third-order valence-electron chi connectivity index (χ3n) is 4.83. The average Bonchev–Trinajstić information content (AvgIpc) is 3.01. The number of aryl methyl sites for hydroxylation is 1. The Labute approximate surface area is 148 Å².